The Labute approximate surface area is 171 Å². The Bertz CT molecular complexity index is 1060. The lowest BCUT2D eigenvalue weighted by Gasteiger charge is -2.16. The van der Waals surface area contributed by atoms with Crippen LogP contribution in [0.25, 0.3) is 27.1 Å². The summed E-state index contributed by atoms with van der Waals surface area (Å²) in [6.45, 7) is 10.3. The number of thiophene rings is 1. The number of rotatable bonds is 6. The van der Waals surface area contributed by atoms with Crippen LogP contribution in [0.15, 0.2) is 34.4 Å². The number of hydrogen-bond donors (Lipinski definition) is 1. The molecule has 1 N–H and O–H groups in total. The van der Waals surface area contributed by atoms with Gasteiger partial charge in [-0.15, -0.1) is 11.3 Å². The number of aromatic amines is 1. The number of aryl methyl sites for hydroxylation is 1. The van der Waals surface area contributed by atoms with Crippen LogP contribution in [-0.2, 0) is 0 Å². The first-order valence-electron chi connectivity index (χ1n) is 10.5. The minimum absolute atomic E-state index is 0.0145. The summed E-state index contributed by atoms with van der Waals surface area (Å²) in [7, 11) is 0. The van der Waals surface area contributed by atoms with E-state index in [1.807, 2.05) is 11.4 Å². The second kappa shape index (κ2) is 8.22. The van der Waals surface area contributed by atoms with Gasteiger partial charge in [-0.05, 0) is 66.8 Å². The van der Waals surface area contributed by atoms with Crippen LogP contribution in [0.1, 0.15) is 44.2 Å². The Kier molecular flexibility index (Phi) is 5.70. The second-order valence-corrected chi connectivity index (χ2v) is 9.32. The third kappa shape index (κ3) is 3.81. The highest BCUT2D eigenvalue weighted by molar-refractivity contribution is 7.17. The molecule has 148 valence electrons. The van der Waals surface area contributed by atoms with Crippen LogP contribution in [-0.4, -0.2) is 29.5 Å². The molecule has 1 fully saturated rings. The quantitative estimate of drug-likeness (QED) is 0.571. The summed E-state index contributed by atoms with van der Waals surface area (Å²) in [5.74, 6) is 1.70. The number of fused-ring (bicyclic) bond motifs is 3. The lowest BCUT2D eigenvalue weighted by molar-refractivity contribution is 0.333. The summed E-state index contributed by atoms with van der Waals surface area (Å²) in [4.78, 5) is 17.9. The van der Waals surface area contributed by atoms with Gasteiger partial charge in [0, 0.05) is 29.4 Å². The summed E-state index contributed by atoms with van der Waals surface area (Å²) in [6.07, 6.45) is 8.55. The van der Waals surface area contributed by atoms with Crippen molar-refractivity contribution in [2.75, 3.05) is 19.6 Å². The minimum Gasteiger partial charge on any atom is -0.321 e. The second-order valence-electron chi connectivity index (χ2n) is 8.40. The van der Waals surface area contributed by atoms with Gasteiger partial charge in [0.05, 0.1) is 0 Å². The molecule has 1 aliphatic rings. The van der Waals surface area contributed by atoms with E-state index in [0.29, 0.717) is 0 Å². The number of benzene rings is 1. The first-order chi connectivity index (χ1) is 13.6. The number of H-pyrrole nitrogens is 1. The molecule has 2 aromatic heterocycles. The van der Waals surface area contributed by atoms with Crippen LogP contribution in [0.5, 0.6) is 0 Å². The average Bonchev–Trinajstić information content (AvgIpc) is 3.33. The lowest BCUT2D eigenvalue weighted by Crippen LogP contribution is -2.21. The molecule has 0 saturated carbocycles. The first kappa shape index (κ1) is 19.4. The molecule has 0 bridgehead atoms. The van der Waals surface area contributed by atoms with E-state index in [1.54, 1.807) is 0 Å². The van der Waals surface area contributed by atoms with Gasteiger partial charge in [0.15, 0.2) is 0 Å². The van der Waals surface area contributed by atoms with Gasteiger partial charge >= 0.3 is 0 Å². The molecule has 1 aliphatic heterocycles. The van der Waals surface area contributed by atoms with Gasteiger partial charge in [0.25, 0.3) is 5.56 Å². The fourth-order valence-electron chi connectivity index (χ4n) is 4.52. The molecule has 3 heterocycles. The molecule has 0 aliphatic carbocycles. The van der Waals surface area contributed by atoms with Crippen molar-refractivity contribution in [3.05, 3.63) is 51.1 Å². The zero-order valence-electron chi connectivity index (χ0n) is 17.1. The molecular weight excluding hydrogens is 364 g/mol. The van der Waals surface area contributed by atoms with E-state index in [4.69, 9.17) is 0 Å². The third-order valence-electron chi connectivity index (χ3n) is 6.30. The molecule has 1 saturated heterocycles. The van der Waals surface area contributed by atoms with E-state index < -0.39 is 0 Å². The highest BCUT2D eigenvalue weighted by Crippen LogP contribution is 2.31. The van der Waals surface area contributed by atoms with Crippen molar-refractivity contribution in [2.24, 2.45) is 11.8 Å². The number of nitrogens with one attached hydrogen (secondary N) is 1. The molecule has 4 heteroatoms. The zero-order valence-corrected chi connectivity index (χ0v) is 17.9. The standard InChI is InChI=1S/C24H30N2OS/c1-4-16(2)14-18-9-12-26(15-18)11-5-6-19-17(3)7-8-21-22(19)20-10-13-28-23(20)24(27)25-21/h5-8,10,13,16,18H,4,9,11-12,14-15H2,1-3H3,(H,25,27). The SMILES string of the molecule is CCC(C)CC1CCN(CC=Cc2c(C)ccc3[nH]c(=O)c4sccc4c23)C1. The molecule has 1 aromatic carbocycles. The van der Waals surface area contributed by atoms with Crippen LogP contribution < -0.4 is 5.56 Å². The molecule has 2 atom stereocenters. The van der Waals surface area contributed by atoms with Gasteiger partial charge in [-0.25, -0.2) is 0 Å². The minimum atomic E-state index is 0.0145. The third-order valence-corrected chi connectivity index (χ3v) is 7.22. The number of likely N-dealkylation sites (tertiary alicyclic amines) is 1. The van der Waals surface area contributed by atoms with Crippen molar-refractivity contribution in [1.29, 1.82) is 0 Å². The van der Waals surface area contributed by atoms with Crippen LogP contribution in [0, 0.1) is 18.8 Å². The molecular formula is C24H30N2OS. The van der Waals surface area contributed by atoms with Gasteiger partial charge in [0.1, 0.15) is 4.70 Å². The smallest absolute Gasteiger partial charge is 0.266 e. The predicted molar refractivity (Wildman–Crippen MR) is 122 cm³/mol. The Morgan fingerprint density at radius 2 is 2.21 bits per heavy atom. The van der Waals surface area contributed by atoms with Gasteiger partial charge in [-0.3, -0.25) is 9.69 Å². The maximum Gasteiger partial charge on any atom is 0.266 e. The summed E-state index contributed by atoms with van der Waals surface area (Å²) in [6, 6.07) is 6.21. The van der Waals surface area contributed by atoms with Crippen molar-refractivity contribution in [3.63, 3.8) is 0 Å². The van der Waals surface area contributed by atoms with Crippen molar-refractivity contribution in [3.8, 4) is 0 Å². The van der Waals surface area contributed by atoms with Crippen LogP contribution >= 0.6 is 11.3 Å². The Hall–Kier alpha value is -1.91. The number of pyridine rings is 1. The summed E-state index contributed by atoms with van der Waals surface area (Å²) >= 11 is 1.52. The van der Waals surface area contributed by atoms with E-state index in [0.717, 1.165) is 34.0 Å². The van der Waals surface area contributed by atoms with Crippen molar-refractivity contribution < 1.29 is 0 Å². The Morgan fingerprint density at radius 3 is 3.04 bits per heavy atom. The topological polar surface area (TPSA) is 36.1 Å². The number of hydrogen-bond acceptors (Lipinski definition) is 3. The monoisotopic (exact) mass is 394 g/mol. The van der Waals surface area contributed by atoms with E-state index in [2.05, 4.69) is 54.9 Å². The summed E-state index contributed by atoms with van der Waals surface area (Å²) < 4.78 is 0.820. The van der Waals surface area contributed by atoms with E-state index in [9.17, 15) is 4.79 Å². The molecule has 0 radical (unpaired) electrons. The molecule has 2 unspecified atom stereocenters. The number of aromatic nitrogens is 1. The fourth-order valence-corrected chi connectivity index (χ4v) is 5.32. The van der Waals surface area contributed by atoms with Gasteiger partial charge < -0.3 is 4.98 Å². The summed E-state index contributed by atoms with van der Waals surface area (Å²) in [5.41, 5.74) is 3.42. The van der Waals surface area contributed by atoms with Gasteiger partial charge in [-0.1, -0.05) is 38.5 Å². The molecule has 0 spiro atoms. The molecule has 3 aromatic rings. The van der Waals surface area contributed by atoms with E-state index in [1.165, 1.54) is 60.2 Å². The summed E-state index contributed by atoms with van der Waals surface area (Å²) in [5, 5.41) is 4.25. The van der Waals surface area contributed by atoms with E-state index >= 15 is 0 Å². The average molecular weight is 395 g/mol. The van der Waals surface area contributed by atoms with Gasteiger partial charge in [-0.2, -0.15) is 0 Å². The normalized spacial score (nSPS) is 19.3. The first-order valence-corrected chi connectivity index (χ1v) is 11.4. The largest absolute Gasteiger partial charge is 0.321 e. The zero-order chi connectivity index (χ0) is 19.7. The highest BCUT2D eigenvalue weighted by Gasteiger charge is 2.22. The molecule has 3 nitrogen and oxygen atoms in total. The maximum absolute atomic E-state index is 12.3. The number of nitrogens with zero attached hydrogens (tertiary/aromatic N) is 1. The van der Waals surface area contributed by atoms with Crippen LogP contribution in [0.2, 0.25) is 0 Å². The predicted octanol–water partition coefficient (Wildman–Crippen LogP) is 5.82. The Balaban J connectivity index is 1.56. The molecule has 4 rings (SSSR count). The maximum atomic E-state index is 12.3. The molecule has 28 heavy (non-hydrogen) atoms. The highest BCUT2D eigenvalue weighted by atomic mass is 32.1. The fraction of sp³-hybridized carbons (Fsp3) is 0.458. The van der Waals surface area contributed by atoms with Gasteiger partial charge in [0.2, 0.25) is 0 Å². The Morgan fingerprint density at radius 1 is 1.36 bits per heavy atom. The lowest BCUT2D eigenvalue weighted by atomic mass is 9.93. The van der Waals surface area contributed by atoms with Crippen LogP contribution in [0.3, 0.4) is 0 Å². The van der Waals surface area contributed by atoms with Crippen molar-refractivity contribution in [2.45, 2.75) is 40.0 Å². The van der Waals surface area contributed by atoms with Crippen LogP contribution in [0.4, 0.5) is 0 Å². The van der Waals surface area contributed by atoms with Crippen molar-refractivity contribution >= 4 is 38.4 Å². The molecule has 0 amide bonds. The van der Waals surface area contributed by atoms with E-state index in [-0.39, 0.29) is 5.56 Å². The van der Waals surface area contributed by atoms with Crippen molar-refractivity contribution in [1.82, 2.24) is 9.88 Å².